The molecule has 4 rings (SSSR count). The summed E-state index contributed by atoms with van der Waals surface area (Å²) in [7, 11) is 0. The Bertz CT molecular complexity index is 1060. The molecule has 0 bridgehead atoms. The van der Waals surface area contributed by atoms with Crippen LogP contribution in [-0.4, -0.2) is 29.8 Å². The third kappa shape index (κ3) is 4.91. The van der Waals surface area contributed by atoms with Crippen LogP contribution in [0.2, 0.25) is 0 Å². The number of benzene rings is 2. The number of nitrogens with zero attached hydrogens (tertiary/aromatic N) is 3. The summed E-state index contributed by atoms with van der Waals surface area (Å²) in [5.74, 6) is 1.60. The van der Waals surface area contributed by atoms with Crippen molar-refractivity contribution < 1.29 is 9.26 Å². The Balaban J connectivity index is 1.31. The fourth-order valence-corrected chi connectivity index (χ4v) is 4.50. The van der Waals surface area contributed by atoms with Gasteiger partial charge < -0.3 is 9.26 Å². The van der Waals surface area contributed by atoms with E-state index in [0.717, 1.165) is 78.0 Å². The van der Waals surface area contributed by atoms with Crippen LogP contribution in [0.15, 0.2) is 40.9 Å². The van der Waals surface area contributed by atoms with Gasteiger partial charge in [0, 0.05) is 17.5 Å². The number of fused-ring (bicyclic) bond motifs is 1. The van der Waals surface area contributed by atoms with Gasteiger partial charge in [0.1, 0.15) is 5.75 Å². The molecule has 5 nitrogen and oxygen atoms in total. The maximum atomic E-state index is 9.31. The zero-order valence-corrected chi connectivity index (χ0v) is 18.6. The van der Waals surface area contributed by atoms with E-state index in [4.69, 9.17) is 9.26 Å². The number of likely N-dealkylation sites (tertiary alicyclic amines) is 1. The molecule has 0 spiro atoms. The zero-order valence-electron chi connectivity index (χ0n) is 18.6. The molecular weight excluding hydrogens is 386 g/mol. The summed E-state index contributed by atoms with van der Waals surface area (Å²) in [4.78, 5) is 2.47. The van der Waals surface area contributed by atoms with Crippen LogP contribution in [0.4, 0.5) is 0 Å². The van der Waals surface area contributed by atoms with Crippen molar-refractivity contribution in [3.63, 3.8) is 0 Å². The third-order valence-corrected chi connectivity index (χ3v) is 6.40. The minimum absolute atomic E-state index is 0.711. The van der Waals surface area contributed by atoms with E-state index in [1.807, 2.05) is 31.2 Å². The number of rotatable bonds is 8. The van der Waals surface area contributed by atoms with Crippen molar-refractivity contribution >= 4 is 11.0 Å². The number of piperidine rings is 1. The second-order valence-electron chi connectivity index (χ2n) is 8.57. The van der Waals surface area contributed by atoms with Crippen LogP contribution in [-0.2, 0) is 13.0 Å². The Kier molecular flexibility index (Phi) is 6.89. The third-order valence-electron chi connectivity index (χ3n) is 6.40. The van der Waals surface area contributed by atoms with Gasteiger partial charge in [-0.05, 0) is 81.8 Å². The quantitative estimate of drug-likeness (QED) is 0.474. The molecule has 0 amide bonds. The zero-order chi connectivity index (χ0) is 21.6. The number of aryl methyl sites for hydroxylation is 2. The SMILES string of the molecule is CCCOc1ccc2c(CCC3CCN(Cc4ccccc4C#N)CC3)noc2c1C. The van der Waals surface area contributed by atoms with Crippen LogP contribution < -0.4 is 4.74 Å². The predicted molar refractivity (Wildman–Crippen MR) is 122 cm³/mol. The normalized spacial score (nSPS) is 15.3. The highest BCUT2D eigenvalue weighted by Gasteiger charge is 2.21. The van der Waals surface area contributed by atoms with E-state index >= 15 is 0 Å². The first-order valence-corrected chi connectivity index (χ1v) is 11.4. The van der Waals surface area contributed by atoms with Gasteiger partial charge in [-0.2, -0.15) is 5.26 Å². The molecular formula is C26H31N3O2. The Hall–Kier alpha value is -2.84. The van der Waals surface area contributed by atoms with Crippen molar-refractivity contribution in [2.45, 2.75) is 52.5 Å². The van der Waals surface area contributed by atoms with Gasteiger partial charge in [0.05, 0.1) is 23.9 Å². The Morgan fingerprint density at radius 1 is 1.19 bits per heavy atom. The second kappa shape index (κ2) is 9.98. The van der Waals surface area contributed by atoms with Gasteiger partial charge in [0.2, 0.25) is 0 Å². The summed E-state index contributed by atoms with van der Waals surface area (Å²) in [5.41, 5.74) is 4.88. The summed E-state index contributed by atoms with van der Waals surface area (Å²) < 4.78 is 11.5. The monoisotopic (exact) mass is 417 g/mol. The van der Waals surface area contributed by atoms with Gasteiger partial charge >= 0.3 is 0 Å². The average Bonchev–Trinajstić information content (AvgIpc) is 3.22. The smallest absolute Gasteiger partial charge is 0.173 e. The first-order valence-electron chi connectivity index (χ1n) is 11.4. The molecule has 0 unspecified atom stereocenters. The molecule has 1 aromatic heterocycles. The lowest BCUT2D eigenvalue weighted by molar-refractivity contribution is 0.172. The minimum Gasteiger partial charge on any atom is -0.493 e. The Morgan fingerprint density at radius 3 is 2.77 bits per heavy atom. The molecule has 1 aliphatic rings. The van der Waals surface area contributed by atoms with Crippen LogP contribution in [0.25, 0.3) is 11.0 Å². The number of aromatic nitrogens is 1. The van der Waals surface area contributed by atoms with Gasteiger partial charge in [-0.15, -0.1) is 0 Å². The van der Waals surface area contributed by atoms with Crippen molar-refractivity contribution in [3.05, 3.63) is 58.8 Å². The van der Waals surface area contributed by atoms with E-state index < -0.39 is 0 Å². The van der Waals surface area contributed by atoms with E-state index in [1.165, 1.54) is 12.8 Å². The van der Waals surface area contributed by atoms with Gasteiger partial charge in [0.15, 0.2) is 5.58 Å². The average molecular weight is 418 g/mol. The topological polar surface area (TPSA) is 62.3 Å². The van der Waals surface area contributed by atoms with E-state index in [2.05, 4.69) is 35.2 Å². The Labute approximate surface area is 184 Å². The van der Waals surface area contributed by atoms with Gasteiger partial charge in [0.25, 0.3) is 0 Å². The number of hydrogen-bond acceptors (Lipinski definition) is 5. The van der Waals surface area contributed by atoms with Crippen molar-refractivity contribution in [3.8, 4) is 11.8 Å². The molecule has 2 aromatic carbocycles. The first kappa shape index (κ1) is 21.4. The highest BCUT2D eigenvalue weighted by atomic mass is 16.5. The molecule has 3 aromatic rings. The molecule has 0 saturated carbocycles. The summed E-state index contributed by atoms with van der Waals surface area (Å²) in [5, 5.41) is 14.8. The number of ether oxygens (including phenoxy) is 1. The lowest BCUT2D eigenvalue weighted by Gasteiger charge is -2.32. The lowest BCUT2D eigenvalue weighted by atomic mass is 9.90. The maximum Gasteiger partial charge on any atom is 0.173 e. The molecule has 2 heterocycles. The molecule has 0 N–H and O–H groups in total. The minimum atomic E-state index is 0.711. The molecule has 31 heavy (non-hydrogen) atoms. The van der Waals surface area contributed by atoms with Gasteiger partial charge in [-0.25, -0.2) is 0 Å². The number of hydrogen-bond donors (Lipinski definition) is 0. The van der Waals surface area contributed by atoms with Crippen molar-refractivity contribution in [1.29, 1.82) is 5.26 Å². The summed E-state index contributed by atoms with van der Waals surface area (Å²) >= 11 is 0. The molecule has 162 valence electrons. The molecule has 1 aliphatic heterocycles. The van der Waals surface area contributed by atoms with E-state index in [0.29, 0.717) is 12.5 Å². The highest BCUT2D eigenvalue weighted by molar-refractivity contribution is 5.84. The fourth-order valence-electron chi connectivity index (χ4n) is 4.50. The summed E-state index contributed by atoms with van der Waals surface area (Å²) in [6.45, 7) is 7.90. The van der Waals surface area contributed by atoms with Crippen molar-refractivity contribution in [2.75, 3.05) is 19.7 Å². The second-order valence-corrected chi connectivity index (χ2v) is 8.57. The summed E-state index contributed by atoms with van der Waals surface area (Å²) in [6, 6.07) is 14.4. The van der Waals surface area contributed by atoms with E-state index in [9.17, 15) is 5.26 Å². The van der Waals surface area contributed by atoms with Crippen LogP contribution in [0.1, 0.15) is 55.0 Å². The van der Waals surface area contributed by atoms with E-state index in [-0.39, 0.29) is 0 Å². The fraction of sp³-hybridized carbons (Fsp3) is 0.462. The molecule has 0 aliphatic carbocycles. The molecule has 1 saturated heterocycles. The predicted octanol–water partition coefficient (Wildman–Crippen LogP) is 5.64. The largest absolute Gasteiger partial charge is 0.493 e. The number of nitriles is 1. The van der Waals surface area contributed by atoms with E-state index in [1.54, 1.807) is 0 Å². The maximum absolute atomic E-state index is 9.31. The lowest BCUT2D eigenvalue weighted by Crippen LogP contribution is -2.33. The highest BCUT2D eigenvalue weighted by Crippen LogP contribution is 2.31. The van der Waals surface area contributed by atoms with Crippen LogP contribution in [0.5, 0.6) is 5.75 Å². The Morgan fingerprint density at radius 2 is 2.00 bits per heavy atom. The van der Waals surface area contributed by atoms with Crippen molar-refractivity contribution in [1.82, 2.24) is 10.1 Å². The van der Waals surface area contributed by atoms with Crippen molar-refractivity contribution in [2.24, 2.45) is 5.92 Å². The first-order chi connectivity index (χ1) is 15.2. The summed E-state index contributed by atoms with van der Waals surface area (Å²) in [6.07, 6.45) is 5.46. The standard InChI is InChI=1S/C26H31N3O2/c1-3-16-30-25-11-9-23-24(28-31-26(23)19(25)2)10-8-20-12-14-29(15-13-20)18-22-7-5-4-6-21(22)17-27/h4-7,9,11,20H,3,8,10,12-16,18H2,1-2H3. The van der Waals surface area contributed by atoms with Crippen LogP contribution in [0, 0.1) is 24.2 Å². The van der Waals surface area contributed by atoms with Crippen LogP contribution >= 0.6 is 0 Å². The molecule has 5 heteroatoms. The van der Waals surface area contributed by atoms with Gasteiger partial charge in [-0.3, -0.25) is 4.90 Å². The molecule has 1 fully saturated rings. The molecule has 0 radical (unpaired) electrons. The van der Waals surface area contributed by atoms with Crippen LogP contribution in [0.3, 0.4) is 0 Å². The molecule has 0 atom stereocenters. The van der Waals surface area contributed by atoms with Gasteiger partial charge in [-0.1, -0.05) is 30.3 Å².